The Morgan fingerprint density at radius 2 is 1.72 bits per heavy atom. The fourth-order valence-corrected chi connectivity index (χ4v) is 3.36. The summed E-state index contributed by atoms with van der Waals surface area (Å²) < 4.78 is 10.2. The summed E-state index contributed by atoms with van der Waals surface area (Å²) in [6.07, 6.45) is -16.3. The lowest BCUT2D eigenvalue weighted by molar-refractivity contribution is -0.303. The smallest absolute Gasteiger partial charge is 0.364 e. The van der Waals surface area contributed by atoms with Crippen LogP contribution >= 0.6 is 0 Å². The molecule has 29 heavy (non-hydrogen) atoms. The highest BCUT2D eigenvalue weighted by Crippen LogP contribution is 2.32. The van der Waals surface area contributed by atoms with Crippen LogP contribution in [0, 0.1) is 0 Å². The van der Waals surface area contributed by atoms with E-state index in [-0.39, 0.29) is 0 Å². The fourth-order valence-electron chi connectivity index (χ4n) is 3.36. The maximum Gasteiger partial charge on any atom is 0.364 e. The van der Waals surface area contributed by atoms with Gasteiger partial charge in [0.25, 0.3) is 5.79 Å². The first kappa shape index (κ1) is 24.3. The summed E-state index contributed by atoms with van der Waals surface area (Å²) in [4.78, 5) is 11.3. The van der Waals surface area contributed by atoms with Crippen LogP contribution < -0.4 is 5.32 Å². The van der Waals surface area contributed by atoms with E-state index in [2.05, 4.69) is 5.32 Å². The monoisotopic (exact) mass is 429 g/mol. The number of hydrogen-bond acceptors (Lipinski definition) is 13. The number of aliphatic hydroxyl groups excluding tert-OH is 8. The average Bonchev–Trinajstić information content (AvgIpc) is 2.68. The van der Waals surface area contributed by atoms with Gasteiger partial charge in [-0.2, -0.15) is 0 Å². The lowest BCUT2D eigenvalue weighted by Crippen LogP contribution is -2.71. The number of aliphatic hydroxyl groups is 9. The number of ether oxygens (including phenoxy) is 2. The number of carbonyl (C=O) groups is 1. The zero-order valence-electron chi connectivity index (χ0n) is 15.1. The van der Waals surface area contributed by atoms with Crippen LogP contribution in [0.3, 0.4) is 0 Å². The van der Waals surface area contributed by atoms with E-state index in [9.17, 15) is 45.6 Å². The van der Waals surface area contributed by atoms with Gasteiger partial charge in [0.15, 0.2) is 0 Å². The molecule has 11 atom stereocenters. The summed E-state index contributed by atoms with van der Waals surface area (Å²) in [6, 6.07) is -1.48. The van der Waals surface area contributed by atoms with Crippen LogP contribution in [0.4, 0.5) is 0 Å². The molecule has 2 rings (SSSR count). The molecule has 14 nitrogen and oxygen atoms in total. The second kappa shape index (κ2) is 9.42. The molecule has 0 radical (unpaired) electrons. The largest absolute Gasteiger partial charge is 0.477 e. The molecule has 2 fully saturated rings. The Kier molecular flexibility index (Phi) is 7.88. The molecule has 0 aromatic heterocycles. The van der Waals surface area contributed by atoms with Crippen LogP contribution in [0.1, 0.15) is 6.42 Å². The zero-order chi connectivity index (χ0) is 22.1. The van der Waals surface area contributed by atoms with Crippen LogP contribution in [0.5, 0.6) is 0 Å². The Balaban J connectivity index is 2.28. The van der Waals surface area contributed by atoms with E-state index in [0.29, 0.717) is 0 Å². The van der Waals surface area contributed by atoms with Crippen molar-refractivity contribution in [2.45, 2.75) is 73.3 Å². The summed E-state index contributed by atoms with van der Waals surface area (Å²) in [5, 5.41) is 100. The maximum absolute atomic E-state index is 11.3. The van der Waals surface area contributed by atoms with E-state index >= 15 is 0 Å². The minimum absolute atomic E-state index is 0.735. The normalized spacial score (nSPS) is 45.6. The first-order chi connectivity index (χ1) is 13.5. The van der Waals surface area contributed by atoms with Crippen molar-refractivity contribution in [3.05, 3.63) is 0 Å². The maximum atomic E-state index is 11.3. The van der Waals surface area contributed by atoms with Crippen molar-refractivity contribution in [3.8, 4) is 0 Å². The van der Waals surface area contributed by atoms with E-state index in [4.69, 9.17) is 19.7 Å². The Morgan fingerprint density at radius 3 is 2.24 bits per heavy atom. The van der Waals surface area contributed by atoms with E-state index in [1.165, 1.54) is 0 Å². The second-order valence-electron chi connectivity index (χ2n) is 7.13. The summed E-state index contributed by atoms with van der Waals surface area (Å²) in [5.41, 5.74) is 0. The Bertz CT molecular complexity index is 564. The fraction of sp³-hybridized carbons (Fsp3) is 0.933. The van der Waals surface area contributed by atoms with Gasteiger partial charge >= 0.3 is 5.97 Å². The number of aliphatic carboxylic acids is 1. The van der Waals surface area contributed by atoms with Gasteiger partial charge in [-0.25, -0.2) is 4.79 Å². The van der Waals surface area contributed by atoms with Gasteiger partial charge in [0, 0.05) is 6.42 Å². The molecule has 2 saturated heterocycles. The third kappa shape index (κ3) is 4.84. The van der Waals surface area contributed by atoms with Crippen LogP contribution in [-0.2, 0) is 14.3 Å². The summed E-state index contributed by atoms with van der Waals surface area (Å²) in [5.74, 6) is -4.80. The minimum atomic E-state index is -2.92. The van der Waals surface area contributed by atoms with Crippen molar-refractivity contribution in [3.63, 3.8) is 0 Å². The molecule has 11 N–H and O–H groups in total. The molecule has 14 heteroatoms. The lowest BCUT2D eigenvalue weighted by Gasteiger charge is -2.48. The van der Waals surface area contributed by atoms with Crippen molar-refractivity contribution >= 4 is 5.97 Å². The molecule has 2 heterocycles. The molecule has 2 aliphatic rings. The first-order valence-corrected chi connectivity index (χ1v) is 8.82. The van der Waals surface area contributed by atoms with Crippen molar-refractivity contribution in [2.75, 3.05) is 13.2 Å². The Hall–Kier alpha value is -1.01. The van der Waals surface area contributed by atoms with Gasteiger partial charge in [-0.05, 0) is 0 Å². The lowest BCUT2D eigenvalue weighted by atomic mass is 9.88. The topological polar surface area (TPSA) is 250 Å². The summed E-state index contributed by atoms with van der Waals surface area (Å²) >= 11 is 0. The second-order valence-corrected chi connectivity index (χ2v) is 7.13. The molecule has 0 aliphatic carbocycles. The molecule has 0 aromatic carbocycles. The third-order valence-electron chi connectivity index (χ3n) is 5.09. The molecule has 0 bridgehead atoms. The predicted molar refractivity (Wildman–Crippen MR) is 87.9 cm³/mol. The quantitative estimate of drug-likeness (QED) is 0.180. The SMILES string of the molecule is O=C(O)[C@]1(O)C[C@H](O)[C@@H](N[C@@H]2O[C@H](CO)[C@@H](O)[C@H](O)[C@H]2O)[C@H]([C@H](O)[C@H](O)CO)O1. The van der Waals surface area contributed by atoms with Crippen molar-refractivity contribution in [1.82, 2.24) is 5.32 Å². The van der Waals surface area contributed by atoms with E-state index < -0.39 is 92.5 Å². The number of nitrogens with one attached hydrogen (secondary N) is 1. The molecule has 0 aromatic rings. The number of hydrogen-bond donors (Lipinski definition) is 11. The van der Waals surface area contributed by atoms with Crippen LogP contribution in [0.15, 0.2) is 0 Å². The third-order valence-corrected chi connectivity index (χ3v) is 5.09. The number of carboxylic acids is 1. The molecular formula is C15H27NO13. The molecule has 0 unspecified atom stereocenters. The highest BCUT2D eigenvalue weighted by molar-refractivity contribution is 5.75. The van der Waals surface area contributed by atoms with Crippen LogP contribution in [-0.4, -0.2) is 137 Å². The van der Waals surface area contributed by atoms with Crippen molar-refractivity contribution in [1.29, 1.82) is 0 Å². The van der Waals surface area contributed by atoms with Crippen molar-refractivity contribution in [2.24, 2.45) is 0 Å². The molecule has 2 aliphatic heterocycles. The molecule has 170 valence electrons. The van der Waals surface area contributed by atoms with Gasteiger partial charge in [0.05, 0.1) is 25.4 Å². The van der Waals surface area contributed by atoms with Gasteiger partial charge in [0.2, 0.25) is 0 Å². The average molecular weight is 429 g/mol. The van der Waals surface area contributed by atoms with Gasteiger partial charge in [0.1, 0.15) is 49.0 Å². The molecular weight excluding hydrogens is 402 g/mol. The van der Waals surface area contributed by atoms with Gasteiger partial charge < -0.3 is 60.5 Å². The Morgan fingerprint density at radius 1 is 1.10 bits per heavy atom. The van der Waals surface area contributed by atoms with Crippen LogP contribution in [0.25, 0.3) is 0 Å². The van der Waals surface area contributed by atoms with Gasteiger partial charge in [-0.1, -0.05) is 0 Å². The minimum Gasteiger partial charge on any atom is -0.477 e. The van der Waals surface area contributed by atoms with Gasteiger partial charge in [-0.15, -0.1) is 0 Å². The number of carboxylic acid groups (broad SMARTS) is 1. The van der Waals surface area contributed by atoms with Gasteiger partial charge in [-0.3, -0.25) is 5.32 Å². The standard InChI is InChI=1S/C15H27NO13/c17-2-5(20)8(21)12-7(4(19)1-15(27,29-12)14(25)26)16-13-11(24)10(23)9(22)6(3-18)28-13/h4-13,16-24,27H,1-3H2,(H,25,26)/t4-,5+,6+,7+,8+,9+,10-,11+,12+,13+,15-/m0/s1. The first-order valence-electron chi connectivity index (χ1n) is 8.82. The predicted octanol–water partition coefficient (Wildman–Crippen LogP) is -6.62. The number of rotatable bonds is 7. The highest BCUT2D eigenvalue weighted by Gasteiger charge is 2.55. The van der Waals surface area contributed by atoms with Crippen molar-refractivity contribution < 1.29 is 65.3 Å². The zero-order valence-corrected chi connectivity index (χ0v) is 15.1. The van der Waals surface area contributed by atoms with E-state index in [1.807, 2.05) is 0 Å². The highest BCUT2D eigenvalue weighted by atomic mass is 16.7. The van der Waals surface area contributed by atoms with E-state index in [1.54, 1.807) is 0 Å². The molecule has 0 spiro atoms. The van der Waals surface area contributed by atoms with Crippen LogP contribution in [0.2, 0.25) is 0 Å². The summed E-state index contributed by atoms with van der Waals surface area (Å²) in [6.45, 7) is -1.70. The van der Waals surface area contributed by atoms with E-state index in [0.717, 1.165) is 0 Å². The summed E-state index contributed by atoms with van der Waals surface area (Å²) in [7, 11) is 0. The Labute approximate surface area is 164 Å². The molecule has 0 amide bonds. The molecule has 0 saturated carbocycles.